The number of amides is 1. The van der Waals surface area contributed by atoms with Gasteiger partial charge >= 0.3 is 11.8 Å². The fourth-order valence-corrected chi connectivity index (χ4v) is 2.43. The summed E-state index contributed by atoms with van der Waals surface area (Å²) in [4.78, 5) is 41.2. The Morgan fingerprint density at radius 2 is 2.05 bits per heavy atom. The van der Waals surface area contributed by atoms with Gasteiger partial charge in [-0.05, 0) is 33.6 Å². The molecule has 0 aromatic carbocycles. The number of hydrogen-bond donors (Lipinski definition) is 2. The van der Waals surface area contributed by atoms with Crippen molar-refractivity contribution in [3.63, 3.8) is 0 Å². The lowest BCUT2D eigenvalue weighted by Gasteiger charge is -2.34. The quantitative estimate of drug-likeness (QED) is 0.813. The van der Waals surface area contributed by atoms with Crippen LogP contribution in [0.15, 0.2) is 15.7 Å². The molecule has 21 heavy (non-hydrogen) atoms. The van der Waals surface area contributed by atoms with E-state index in [-0.39, 0.29) is 12.0 Å². The summed E-state index contributed by atoms with van der Waals surface area (Å²) in [5.74, 6) is -0.0544. The Labute approximate surface area is 122 Å². The molecule has 0 bridgehead atoms. The summed E-state index contributed by atoms with van der Waals surface area (Å²) in [6, 6.07) is 1.38. The van der Waals surface area contributed by atoms with E-state index in [1.807, 2.05) is 20.8 Å². The van der Waals surface area contributed by atoms with Gasteiger partial charge in [0.05, 0.1) is 0 Å². The second kappa shape index (κ2) is 5.75. The summed E-state index contributed by atoms with van der Waals surface area (Å²) in [7, 11) is 0. The predicted molar refractivity (Wildman–Crippen MR) is 77.5 cm³/mol. The van der Waals surface area contributed by atoms with Gasteiger partial charge in [-0.15, -0.1) is 0 Å². The van der Waals surface area contributed by atoms with E-state index in [2.05, 4.69) is 9.97 Å². The Morgan fingerprint density at radius 3 is 2.67 bits per heavy atom. The summed E-state index contributed by atoms with van der Waals surface area (Å²) in [6.07, 6.45) is 1.26. The van der Waals surface area contributed by atoms with Crippen LogP contribution in [-0.4, -0.2) is 39.7 Å². The van der Waals surface area contributed by atoms with Crippen molar-refractivity contribution < 1.29 is 9.53 Å². The third kappa shape index (κ3) is 4.21. The van der Waals surface area contributed by atoms with E-state index in [0.29, 0.717) is 18.8 Å². The number of carbonyl (C=O) groups is 1. The van der Waals surface area contributed by atoms with Crippen LogP contribution in [0.25, 0.3) is 0 Å². The first kappa shape index (κ1) is 15.3. The predicted octanol–water partition coefficient (Wildman–Crippen LogP) is 1.18. The zero-order valence-electron chi connectivity index (χ0n) is 12.6. The Hall–Kier alpha value is -2.05. The topological polar surface area (TPSA) is 95.3 Å². The van der Waals surface area contributed by atoms with Crippen molar-refractivity contribution >= 4 is 6.09 Å². The van der Waals surface area contributed by atoms with Gasteiger partial charge in [0.15, 0.2) is 0 Å². The van der Waals surface area contributed by atoms with Gasteiger partial charge < -0.3 is 14.6 Å². The third-order valence-corrected chi connectivity index (χ3v) is 3.29. The molecule has 2 heterocycles. The van der Waals surface area contributed by atoms with Crippen molar-refractivity contribution in [3.05, 3.63) is 32.6 Å². The highest BCUT2D eigenvalue weighted by Gasteiger charge is 2.28. The van der Waals surface area contributed by atoms with Crippen LogP contribution in [0.2, 0.25) is 0 Å². The van der Waals surface area contributed by atoms with Crippen LogP contribution in [0.4, 0.5) is 4.79 Å². The molecule has 1 aromatic rings. The maximum Gasteiger partial charge on any atom is 0.410 e. The smallest absolute Gasteiger partial charge is 0.410 e. The molecule has 7 nitrogen and oxygen atoms in total. The van der Waals surface area contributed by atoms with Crippen LogP contribution in [0.3, 0.4) is 0 Å². The average molecular weight is 295 g/mol. The van der Waals surface area contributed by atoms with Crippen LogP contribution < -0.4 is 11.2 Å². The summed E-state index contributed by atoms with van der Waals surface area (Å²) < 4.78 is 5.36. The zero-order chi connectivity index (χ0) is 15.6. The van der Waals surface area contributed by atoms with Gasteiger partial charge in [0.1, 0.15) is 5.60 Å². The summed E-state index contributed by atoms with van der Waals surface area (Å²) >= 11 is 0. The Kier molecular flexibility index (Phi) is 4.20. The van der Waals surface area contributed by atoms with E-state index < -0.39 is 16.9 Å². The second-order valence-electron chi connectivity index (χ2n) is 6.31. The molecule has 2 rings (SSSR count). The van der Waals surface area contributed by atoms with E-state index in [0.717, 1.165) is 12.8 Å². The molecule has 0 radical (unpaired) electrons. The van der Waals surface area contributed by atoms with Crippen LogP contribution >= 0.6 is 0 Å². The third-order valence-electron chi connectivity index (χ3n) is 3.29. The van der Waals surface area contributed by atoms with Crippen molar-refractivity contribution in [1.29, 1.82) is 0 Å². The van der Waals surface area contributed by atoms with Crippen molar-refractivity contribution in [3.8, 4) is 0 Å². The SMILES string of the molecule is CC(C)(C)OC(=O)N1CCC[C@H](c2cc(=O)[nH]c(=O)[nH]2)C1. The molecule has 1 amide bonds. The van der Waals surface area contributed by atoms with Gasteiger partial charge in [-0.3, -0.25) is 9.78 Å². The molecule has 1 aromatic heterocycles. The molecule has 7 heteroatoms. The molecule has 1 saturated heterocycles. The van der Waals surface area contributed by atoms with Crippen LogP contribution in [0.1, 0.15) is 45.2 Å². The highest BCUT2D eigenvalue weighted by molar-refractivity contribution is 5.68. The highest BCUT2D eigenvalue weighted by atomic mass is 16.6. The van der Waals surface area contributed by atoms with E-state index in [1.165, 1.54) is 6.07 Å². The molecule has 116 valence electrons. The number of aromatic amines is 2. The monoisotopic (exact) mass is 295 g/mol. The summed E-state index contributed by atoms with van der Waals surface area (Å²) in [5.41, 5.74) is -0.922. The fraction of sp³-hybridized carbons (Fsp3) is 0.643. The number of aromatic nitrogens is 2. The molecule has 1 atom stereocenters. The minimum Gasteiger partial charge on any atom is -0.444 e. The molecule has 1 fully saturated rings. The number of ether oxygens (including phenoxy) is 1. The van der Waals surface area contributed by atoms with Gasteiger partial charge in [-0.25, -0.2) is 9.59 Å². The van der Waals surface area contributed by atoms with Crippen molar-refractivity contribution in [2.75, 3.05) is 13.1 Å². The largest absolute Gasteiger partial charge is 0.444 e. The first-order valence-corrected chi connectivity index (χ1v) is 7.06. The summed E-state index contributed by atoms with van der Waals surface area (Å²) in [5, 5.41) is 0. The lowest BCUT2D eigenvalue weighted by molar-refractivity contribution is 0.0197. The Balaban J connectivity index is 2.12. The summed E-state index contributed by atoms with van der Waals surface area (Å²) in [6.45, 7) is 6.52. The van der Waals surface area contributed by atoms with Crippen molar-refractivity contribution in [1.82, 2.24) is 14.9 Å². The van der Waals surface area contributed by atoms with E-state index >= 15 is 0 Å². The van der Waals surface area contributed by atoms with Crippen LogP contribution in [0.5, 0.6) is 0 Å². The molecule has 0 unspecified atom stereocenters. The molecule has 0 aliphatic carbocycles. The lowest BCUT2D eigenvalue weighted by atomic mass is 9.95. The average Bonchev–Trinajstić information content (AvgIpc) is 2.36. The Morgan fingerprint density at radius 1 is 1.33 bits per heavy atom. The molecular weight excluding hydrogens is 274 g/mol. The minimum absolute atomic E-state index is 0.0544. The van der Waals surface area contributed by atoms with Gasteiger partial charge in [0.25, 0.3) is 5.56 Å². The molecule has 2 N–H and O–H groups in total. The number of rotatable bonds is 1. The first-order chi connectivity index (χ1) is 9.74. The minimum atomic E-state index is -0.539. The maximum atomic E-state index is 12.1. The number of nitrogens with one attached hydrogen (secondary N) is 2. The van der Waals surface area contributed by atoms with Crippen LogP contribution in [0, 0.1) is 0 Å². The number of piperidine rings is 1. The van der Waals surface area contributed by atoms with Crippen LogP contribution in [-0.2, 0) is 4.74 Å². The number of nitrogens with zero attached hydrogens (tertiary/aromatic N) is 1. The molecule has 0 saturated carbocycles. The lowest BCUT2D eigenvalue weighted by Crippen LogP contribution is -2.42. The Bertz CT molecular complexity index is 598. The standard InChI is InChI=1S/C14H21N3O4/c1-14(2,3)21-13(20)17-6-4-5-9(8-17)10-7-11(18)16-12(19)15-10/h7,9H,4-6,8H2,1-3H3,(H2,15,16,18,19)/t9-/m0/s1. The molecule has 0 spiro atoms. The molecule has 1 aliphatic heterocycles. The second-order valence-corrected chi connectivity index (χ2v) is 6.31. The van der Waals surface area contributed by atoms with Gasteiger partial charge in [-0.2, -0.15) is 0 Å². The molecular formula is C14H21N3O4. The van der Waals surface area contributed by atoms with Gasteiger partial charge in [0.2, 0.25) is 0 Å². The first-order valence-electron chi connectivity index (χ1n) is 7.06. The maximum absolute atomic E-state index is 12.1. The number of carbonyl (C=O) groups excluding carboxylic acids is 1. The van der Waals surface area contributed by atoms with Crippen molar-refractivity contribution in [2.45, 2.75) is 45.1 Å². The number of H-pyrrole nitrogens is 2. The number of hydrogen-bond acceptors (Lipinski definition) is 4. The van der Waals surface area contributed by atoms with Gasteiger partial charge in [0, 0.05) is 30.8 Å². The van der Waals surface area contributed by atoms with E-state index in [1.54, 1.807) is 4.90 Å². The van der Waals surface area contributed by atoms with E-state index in [4.69, 9.17) is 4.74 Å². The zero-order valence-corrected chi connectivity index (χ0v) is 12.6. The van der Waals surface area contributed by atoms with Crippen molar-refractivity contribution in [2.24, 2.45) is 0 Å². The van der Waals surface area contributed by atoms with E-state index in [9.17, 15) is 14.4 Å². The van der Waals surface area contributed by atoms with Gasteiger partial charge in [-0.1, -0.05) is 0 Å². The number of likely N-dealkylation sites (tertiary alicyclic amines) is 1. The normalized spacial score (nSPS) is 19.4. The highest BCUT2D eigenvalue weighted by Crippen LogP contribution is 2.25. The fourth-order valence-electron chi connectivity index (χ4n) is 2.43. The molecule has 1 aliphatic rings.